The zero-order chi connectivity index (χ0) is 17.2. The topological polar surface area (TPSA) is 92.7 Å². The normalized spacial score (nSPS) is 11.1. The molecule has 23 heavy (non-hydrogen) atoms. The summed E-state index contributed by atoms with van der Waals surface area (Å²) in [5.74, 6) is -1.75. The van der Waals surface area contributed by atoms with E-state index in [0.717, 1.165) is 18.2 Å². The molecule has 0 atom stereocenters. The number of carboxylic acids is 1. The largest absolute Gasteiger partial charge is 0.496 e. The monoisotopic (exact) mass is 339 g/mol. The number of hydrogen-bond acceptors (Lipinski definition) is 4. The minimum absolute atomic E-state index is 0.0579. The third kappa shape index (κ3) is 3.59. The fraction of sp³-hybridized carbons (Fsp3) is 0.133. The first-order valence-corrected chi connectivity index (χ1v) is 7.93. The van der Waals surface area contributed by atoms with Crippen LogP contribution in [0.25, 0.3) is 0 Å². The number of carbonyl (C=O) groups is 1. The van der Waals surface area contributed by atoms with Crippen LogP contribution in [0, 0.1) is 12.7 Å². The van der Waals surface area contributed by atoms with E-state index in [1.807, 2.05) is 0 Å². The van der Waals surface area contributed by atoms with Gasteiger partial charge in [0.05, 0.1) is 23.3 Å². The summed E-state index contributed by atoms with van der Waals surface area (Å²) in [4.78, 5) is 10.7. The van der Waals surface area contributed by atoms with Crippen LogP contribution in [0.4, 0.5) is 10.1 Å². The highest BCUT2D eigenvalue weighted by molar-refractivity contribution is 7.92. The Bertz CT molecular complexity index is 864. The molecule has 0 fully saturated rings. The molecule has 0 aliphatic heterocycles. The molecule has 2 N–H and O–H groups in total. The molecule has 0 bridgehead atoms. The van der Waals surface area contributed by atoms with Crippen molar-refractivity contribution in [3.05, 3.63) is 53.3 Å². The number of aryl methyl sites for hydroxylation is 1. The van der Waals surface area contributed by atoms with Crippen molar-refractivity contribution in [1.82, 2.24) is 0 Å². The van der Waals surface area contributed by atoms with Crippen LogP contribution < -0.4 is 9.46 Å². The van der Waals surface area contributed by atoms with Crippen molar-refractivity contribution in [1.29, 1.82) is 0 Å². The van der Waals surface area contributed by atoms with Gasteiger partial charge in [0.25, 0.3) is 10.0 Å². The molecular weight excluding hydrogens is 325 g/mol. The zero-order valence-electron chi connectivity index (χ0n) is 12.3. The number of halogens is 1. The number of hydrogen-bond donors (Lipinski definition) is 2. The van der Waals surface area contributed by atoms with Gasteiger partial charge in [-0.2, -0.15) is 0 Å². The van der Waals surface area contributed by atoms with Gasteiger partial charge in [0.2, 0.25) is 0 Å². The first-order valence-electron chi connectivity index (χ1n) is 6.45. The van der Waals surface area contributed by atoms with Crippen LogP contribution in [0.2, 0.25) is 0 Å². The molecule has 8 heteroatoms. The molecule has 0 amide bonds. The highest BCUT2D eigenvalue weighted by Crippen LogP contribution is 2.24. The van der Waals surface area contributed by atoms with Gasteiger partial charge >= 0.3 is 5.97 Å². The van der Waals surface area contributed by atoms with Crippen molar-refractivity contribution >= 4 is 21.7 Å². The van der Waals surface area contributed by atoms with Crippen LogP contribution in [0.15, 0.2) is 41.3 Å². The van der Waals surface area contributed by atoms with E-state index in [1.54, 1.807) is 6.92 Å². The van der Waals surface area contributed by atoms with Crippen molar-refractivity contribution in [3.63, 3.8) is 0 Å². The molecule has 0 unspecified atom stereocenters. The van der Waals surface area contributed by atoms with E-state index >= 15 is 0 Å². The van der Waals surface area contributed by atoms with Crippen molar-refractivity contribution in [2.45, 2.75) is 11.8 Å². The Hall–Kier alpha value is -2.61. The Morgan fingerprint density at radius 2 is 1.91 bits per heavy atom. The van der Waals surface area contributed by atoms with Gasteiger partial charge in [0, 0.05) is 0 Å². The molecule has 0 spiro atoms. The van der Waals surface area contributed by atoms with Gasteiger partial charge in [-0.1, -0.05) is 0 Å². The van der Waals surface area contributed by atoms with Crippen molar-refractivity contribution < 1.29 is 27.4 Å². The summed E-state index contributed by atoms with van der Waals surface area (Å²) in [6.45, 7) is 1.68. The van der Waals surface area contributed by atoms with Crippen LogP contribution >= 0.6 is 0 Å². The van der Waals surface area contributed by atoms with E-state index in [1.165, 1.54) is 25.3 Å². The second-order valence-corrected chi connectivity index (χ2v) is 6.42. The van der Waals surface area contributed by atoms with Gasteiger partial charge in [-0.25, -0.2) is 17.6 Å². The Morgan fingerprint density at radius 1 is 1.22 bits per heavy atom. The lowest BCUT2D eigenvalue weighted by Crippen LogP contribution is -2.14. The summed E-state index contributed by atoms with van der Waals surface area (Å²) >= 11 is 0. The van der Waals surface area contributed by atoms with Gasteiger partial charge in [-0.15, -0.1) is 0 Å². The highest BCUT2D eigenvalue weighted by Gasteiger charge is 2.18. The zero-order valence-corrected chi connectivity index (χ0v) is 13.1. The smallest absolute Gasteiger partial charge is 0.335 e. The Morgan fingerprint density at radius 3 is 2.43 bits per heavy atom. The standard InChI is InChI=1S/C15H14FNO5S/c1-9-7-11(4-6-14(9)22-2)23(20,21)17-13-5-3-10(15(18)19)8-12(13)16/h3-8,17H,1-2H3,(H,18,19). The first kappa shape index (κ1) is 16.8. The van der Waals surface area contributed by atoms with E-state index in [0.29, 0.717) is 11.3 Å². The Balaban J connectivity index is 2.35. The second-order valence-electron chi connectivity index (χ2n) is 4.74. The maximum atomic E-state index is 13.8. The average molecular weight is 339 g/mol. The lowest BCUT2D eigenvalue weighted by Gasteiger charge is -2.11. The first-order chi connectivity index (χ1) is 10.7. The fourth-order valence-corrected chi connectivity index (χ4v) is 3.10. The van der Waals surface area contributed by atoms with Crippen molar-refractivity contribution in [2.75, 3.05) is 11.8 Å². The van der Waals surface area contributed by atoms with Gasteiger partial charge < -0.3 is 9.84 Å². The van der Waals surface area contributed by atoms with E-state index in [-0.39, 0.29) is 16.1 Å². The molecule has 6 nitrogen and oxygen atoms in total. The molecule has 2 rings (SSSR count). The second kappa shape index (κ2) is 6.25. The van der Waals surface area contributed by atoms with E-state index < -0.39 is 21.8 Å². The molecule has 2 aromatic carbocycles. The summed E-state index contributed by atoms with van der Waals surface area (Å²) in [5.41, 5.74) is 0.00582. The third-order valence-corrected chi connectivity index (χ3v) is 4.50. The molecule has 2 aromatic rings. The molecule has 0 saturated carbocycles. The van der Waals surface area contributed by atoms with Crippen LogP contribution in [-0.4, -0.2) is 26.6 Å². The van der Waals surface area contributed by atoms with Crippen molar-refractivity contribution in [2.24, 2.45) is 0 Å². The molecule has 0 aliphatic rings. The number of benzene rings is 2. The Labute approximate surface area is 132 Å². The third-order valence-electron chi connectivity index (χ3n) is 3.14. The summed E-state index contributed by atoms with van der Waals surface area (Å²) in [6, 6.07) is 7.14. The number of sulfonamides is 1. The maximum absolute atomic E-state index is 13.8. The van der Waals surface area contributed by atoms with Crippen LogP contribution in [-0.2, 0) is 10.0 Å². The predicted octanol–water partition coefficient (Wildman–Crippen LogP) is 2.64. The number of ether oxygens (including phenoxy) is 1. The minimum Gasteiger partial charge on any atom is -0.496 e. The summed E-state index contributed by atoms with van der Waals surface area (Å²) < 4.78 is 45.6. The Kier molecular flexibility index (Phi) is 4.55. The fourth-order valence-electron chi connectivity index (χ4n) is 1.95. The van der Waals surface area contributed by atoms with Gasteiger partial charge in [0.15, 0.2) is 0 Å². The number of carboxylic acid groups (broad SMARTS) is 1. The number of rotatable bonds is 5. The van der Waals surface area contributed by atoms with Gasteiger partial charge in [-0.05, 0) is 48.9 Å². The molecule has 0 aliphatic carbocycles. The van der Waals surface area contributed by atoms with Gasteiger partial charge in [0.1, 0.15) is 11.6 Å². The summed E-state index contributed by atoms with van der Waals surface area (Å²) in [7, 11) is -2.54. The summed E-state index contributed by atoms with van der Waals surface area (Å²) in [6.07, 6.45) is 0. The SMILES string of the molecule is COc1ccc(S(=O)(=O)Nc2ccc(C(=O)O)cc2F)cc1C. The van der Waals surface area contributed by atoms with Crippen molar-refractivity contribution in [3.8, 4) is 5.75 Å². The number of aromatic carboxylic acids is 1. The average Bonchev–Trinajstić information content (AvgIpc) is 2.48. The molecule has 0 saturated heterocycles. The summed E-state index contributed by atoms with van der Waals surface area (Å²) in [5, 5.41) is 8.77. The van der Waals surface area contributed by atoms with E-state index in [2.05, 4.69) is 4.72 Å². The van der Waals surface area contributed by atoms with Gasteiger partial charge in [-0.3, -0.25) is 4.72 Å². The van der Waals surface area contributed by atoms with Crippen LogP contribution in [0.1, 0.15) is 15.9 Å². The lowest BCUT2D eigenvalue weighted by atomic mass is 10.2. The van der Waals surface area contributed by atoms with Crippen LogP contribution in [0.3, 0.4) is 0 Å². The highest BCUT2D eigenvalue weighted by atomic mass is 32.2. The van der Waals surface area contributed by atoms with Crippen LogP contribution in [0.5, 0.6) is 5.75 Å². The predicted molar refractivity (Wildman–Crippen MR) is 81.9 cm³/mol. The number of methoxy groups -OCH3 is 1. The molecule has 0 heterocycles. The number of nitrogens with one attached hydrogen (secondary N) is 1. The molecule has 122 valence electrons. The number of anilines is 1. The minimum atomic E-state index is -4.01. The quantitative estimate of drug-likeness (QED) is 0.873. The lowest BCUT2D eigenvalue weighted by molar-refractivity contribution is 0.0696. The molecule has 0 aromatic heterocycles. The molecule has 0 radical (unpaired) electrons. The van der Waals surface area contributed by atoms with E-state index in [4.69, 9.17) is 9.84 Å². The molecular formula is C15H14FNO5S. The van der Waals surface area contributed by atoms with E-state index in [9.17, 15) is 17.6 Å². The maximum Gasteiger partial charge on any atom is 0.335 e.